The third kappa shape index (κ3) is 3.82. The standard InChI is InChI=1S/C15H21N3O2S/c1-2-3-8-17-9-11-18(12-10-17)21(19,20)15-6-4-14(13-16)5-7-15/h4-7H,2-3,8-12H2,1H3. The third-order valence-corrected chi connectivity index (χ3v) is 5.69. The number of rotatable bonds is 5. The van der Waals surface area contributed by atoms with E-state index in [4.69, 9.17) is 5.26 Å². The molecule has 0 saturated carbocycles. The Balaban J connectivity index is 2.02. The Kier molecular flexibility index (Phi) is 5.34. The van der Waals surface area contributed by atoms with Crippen molar-refractivity contribution >= 4 is 10.0 Å². The predicted octanol–water partition coefficient (Wildman–Crippen LogP) is 1.66. The Bertz CT molecular complexity index is 597. The molecular weight excluding hydrogens is 286 g/mol. The van der Waals surface area contributed by atoms with Crippen molar-refractivity contribution in [1.82, 2.24) is 9.21 Å². The second kappa shape index (κ2) is 7.03. The minimum Gasteiger partial charge on any atom is -0.301 e. The first-order valence-electron chi connectivity index (χ1n) is 7.30. The van der Waals surface area contributed by atoms with Gasteiger partial charge in [-0.2, -0.15) is 9.57 Å². The van der Waals surface area contributed by atoms with Gasteiger partial charge in [0.25, 0.3) is 0 Å². The number of nitriles is 1. The summed E-state index contributed by atoms with van der Waals surface area (Å²) in [4.78, 5) is 2.58. The van der Waals surface area contributed by atoms with Crippen LogP contribution in [0.4, 0.5) is 0 Å². The third-order valence-electron chi connectivity index (χ3n) is 3.78. The molecule has 6 heteroatoms. The van der Waals surface area contributed by atoms with Crippen LogP contribution in [0.3, 0.4) is 0 Å². The van der Waals surface area contributed by atoms with E-state index in [-0.39, 0.29) is 4.90 Å². The summed E-state index contributed by atoms with van der Waals surface area (Å²) in [7, 11) is -3.43. The van der Waals surface area contributed by atoms with E-state index in [0.717, 1.165) is 32.5 Å². The first kappa shape index (κ1) is 16.0. The number of sulfonamides is 1. The molecule has 0 N–H and O–H groups in total. The predicted molar refractivity (Wildman–Crippen MR) is 81.3 cm³/mol. The minimum absolute atomic E-state index is 0.267. The molecule has 5 nitrogen and oxygen atoms in total. The van der Waals surface area contributed by atoms with Crippen LogP contribution in [-0.2, 0) is 10.0 Å². The largest absolute Gasteiger partial charge is 0.301 e. The SMILES string of the molecule is CCCCN1CCN(S(=O)(=O)c2ccc(C#N)cc2)CC1. The van der Waals surface area contributed by atoms with E-state index < -0.39 is 10.0 Å². The van der Waals surface area contributed by atoms with Gasteiger partial charge in [0.15, 0.2) is 0 Å². The van der Waals surface area contributed by atoms with Crippen LogP contribution in [-0.4, -0.2) is 50.3 Å². The minimum atomic E-state index is -3.43. The van der Waals surface area contributed by atoms with E-state index in [1.807, 2.05) is 6.07 Å². The van der Waals surface area contributed by atoms with Gasteiger partial charge in [-0.25, -0.2) is 8.42 Å². The van der Waals surface area contributed by atoms with Gasteiger partial charge in [0.1, 0.15) is 0 Å². The van der Waals surface area contributed by atoms with Crippen molar-refractivity contribution in [3.8, 4) is 6.07 Å². The molecule has 1 heterocycles. The van der Waals surface area contributed by atoms with Crippen LogP contribution in [0, 0.1) is 11.3 Å². The van der Waals surface area contributed by atoms with Crippen molar-refractivity contribution in [3.05, 3.63) is 29.8 Å². The average molecular weight is 307 g/mol. The highest BCUT2D eigenvalue weighted by molar-refractivity contribution is 7.89. The molecule has 1 saturated heterocycles. The molecule has 0 radical (unpaired) electrons. The maximum absolute atomic E-state index is 12.5. The van der Waals surface area contributed by atoms with Gasteiger partial charge in [-0.1, -0.05) is 13.3 Å². The molecule has 0 unspecified atom stereocenters. The van der Waals surface area contributed by atoms with E-state index in [1.54, 1.807) is 12.1 Å². The highest BCUT2D eigenvalue weighted by atomic mass is 32.2. The van der Waals surface area contributed by atoms with E-state index in [0.29, 0.717) is 18.7 Å². The number of piperazine rings is 1. The highest BCUT2D eigenvalue weighted by Gasteiger charge is 2.28. The molecule has 21 heavy (non-hydrogen) atoms. The monoisotopic (exact) mass is 307 g/mol. The van der Waals surface area contributed by atoms with Gasteiger partial charge in [0, 0.05) is 26.2 Å². The molecule has 0 atom stereocenters. The maximum Gasteiger partial charge on any atom is 0.243 e. The Hall–Kier alpha value is -1.42. The average Bonchev–Trinajstić information content (AvgIpc) is 2.53. The zero-order chi connectivity index (χ0) is 15.3. The molecule has 0 bridgehead atoms. The van der Waals surface area contributed by atoms with Gasteiger partial charge in [0.2, 0.25) is 10.0 Å². The van der Waals surface area contributed by atoms with Crippen LogP contribution < -0.4 is 0 Å². The molecule has 1 fully saturated rings. The summed E-state index contributed by atoms with van der Waals surface area (Å²) in [6.07, 6.45) is 2.31. The van der Waals surface area contributed by atoms with Gasteiger partial charge in [-0.05, 0) is 37.2 Å². The van der Waals surface area contributed by atoms with Crippen LogP contribution in [0.25, 0.3) is 0 Å². The van der Waals surface area contributed by atoms with Crippen molar-refractivity contribution in [3.63, 3.8) is 0 Å². The van der Waals surface area contributed by atoms with Crippen molar-refractivity contribution in [2.24, 2.45) is 0 Å². The normalized spacial score (nSPS) is 17.5. The van der Waals surface area contributed by atoms with Crippen molar-refractivity contribution in [2.75, 3.05) is 32.7 Å². The van der Waals surface area contributed by atoms with Crippen molar-refractivity contribution < 1.29 is 8.42 Å². The second-order valence-corrected chi connectivity index (χ2v) is 7.17. The first-order chi connectivity index (χ1) is 10.1. The van der Waals surface area contributed by atoms with Crippen LogP contribution in [0.1, 0.15) is 25.3 Å². The Morgan fingerprint density at radius 1 is 1.14 bits per heavy atom. The van der Waals surface area contributed by atoms with Crippen LogP contribution in [0.2, 0.25) is 0 Å². The van der Waals surface area contributed by atoms with Crippen LogP contribution in [0.15, 0.2) is 29.2 Å². The Labute approximate surface area is 126 Å². The maximum atomic E-state index is 12.5. The summed E-state index contributed by atoms with van der Waals surface area (Å²) in [5.74, 6) is 0. The number of nitrogens with zero attached hydrogens (tertiary/aromatic N) is 3. The summed E-state index contributed by atoms with van der Waals surface area (Å²) < 4.78 is 26.6. The van der Waals surface area contributed by atoms with Crippen molar-refractivity contribution in [1.29, 1.82) is 5.26 Å². The topological polar surface area (TPSA) is 64.4 Å². The van der Waals surface area contributed by atoms with Gasteiger partial charge in [-0.3, -0.25) is 0 Å². The van der Waals surface area contributed by atoms with E-state index in [9.17, 15) is 8.42 Å². The number of benzene rings is 1. The molecule has 114 valence electrons. The quantitative estimate of drug-likeness (QED) is 0.830. The lowest BCUT2D eigenvalue weighted by Gasteiger charge is -2.33. The lowest BCUT2D eigenvalue weighted by molar-refractivity contribution is 0.186. The number of hydrogen-bond donors (Lipinski definition) is 0. The summed E-state index contributed by atoms with van der Waals surface area (Å²) >= 11 is 0. The number of hydrogen-bond acceptors (Lipinski definition) is 4. The molecular formula is C15H21N3O2S. The fourth-order valence-corrected chi connectivity index (χ4v) is 3.85. The summed E-state index contributed by atoms with van der Waals surface area (Å²) in [5, 5.41) is 8.76. The van der Waals surface area contributed by atoms with Crippen LogP contribution in [0.5, 0.6) is 0 Å². The summed E-state index contributed by atoms with van der Waals surface area (Å²) in [5.41, 5.74) is 0.471. The van der Waals surface area contributed by atoms with Gasteiger partial charge < -0.3 is 4.90 Å². The molecule has 1 aromatic carbocycles. The molecule has 2 rings (SSSR count). The van der Waals surface area contributed by atoms with E-state index in [2.05, 4.69) is 11.8 Å². The van der Waals surface area contributed by atoms with Crippen molar-refractivity contribution in [2.45, 2.75) is 24.7 Å². The molecule has 0 amide bonds. The fraction of sp³-hybridized carbons (Fsp3) is 0.533. The van der Waals surface area contributed by atoms with E-state index in [1.165, 1.54) is 16.4 Å². The fourth-order valence-electron chi connectivity index (χ4n) is 2.43. The highest BCUT2D eigenvalue weighted by Crippen LogP contribution is 2.18. The second-order valence-electron chi connectivity index (χ2n) is 5.24. The zero-order valence-corrected chi connectivity index (χ0v) is 13.1. The molecule has 0 aliphatic carbocycles. The van der Waals surface area contributed by atoms with Gasteiger partial charge in [-0.15, -0.1) is 0 Å². The first-order valence-corrected chi connectivity index (χ1v) is 8.74. The summed E-state index contributed by atoms with van der Waals surface area (Å²) in [6, 6.07) is 8.11. The molecule has 1 aliphatic rings. The number of unbranched alkanes of at least 4 members (excludes halogenated alkanes) is 1. The molecule has 0 spiro atoms. The lowest BCUT2D eigenvalue weighted by Crippen LogP contribution is -2.48. The van der Waals surface area contributed by atoms with Gasteiger partial charge >= 0.3 is 0 Å². The van der Waals surface area contributed by atoms with Crippen LogP contribution >= 0.6 is 0 Å². The smallest absolute Gasteiger partial charge is 0.243 e. The van der Waals surface area contributed by atoms with E-state index >= 15 is 0 Å². The lowest BCUT2D eigenvalue weighted by atomic mass is 10.2. The Morgan fingerprint density at radius 2 is 1.76 bits per heavy atom. The van der Waals surface area contributed by atoms with Gasteiger partial charge in [0.05, 0.1) is 16.5 Å². The molecule has 1 aliphatic heterocycles. The Morgan fingerprint density at radius 3 is 2.29 bits per heavy atom. The zero-order valence-electron chi connectivity index (χ0n) is 12.3. The molecule has 1 aromatic rings. The molecule has 0 aromatic heterocycles. The summed E-state index contributed by atoms with van der Waals surface area (Å²) in [6.45, 7) is 5.84.